The van der Waals surface area contributed by atoms with Crippen molar-refractivity contribution in [2.24, 2.45) is 0 Å². The van der Waals surface area contributed by atoms with Gasteiger partial charge in [0, 0.05) is 0 Å². The average molecular weight is 617 g/mol. The summed E-state index contributed by atoms with van der Waals surface area (Å²) in [4.78, 5) is 0. The quantitative estimate of drug-likeness (QED) is 0.159. The van der Waals surface area contributed by atoms with Gasteiger partial charge in [0.2, 0.25) is 0 Å². The van der Waals surface area contributed by atoms with Gasteiger partial charge in [-0.3, -0.25) is 0 Å². The minimum absolute atomic E-state index is 0. The molecule has 0 amide bonds. The Morgan fingerprint density at radius 2 is 1.38 bits per heavy atom. The molecule has 1 unspecified atom stereocenters. The van der Waals surface area contributed by atoms with Crippen molar-refractivity contribution in [2.75, 3.05) is 0 Å². The first kappa shape index (κ1) is 30.3. The summed E-state index contributed by atoms with van der Waals surface area (Å²) < 4.78 is 0. The monoisotopic (exact) mass is 618 g/mol. The molecule has 1 heteroatoms. The van der Waals surface area contributed by atoms with Crippen molar-refractivity contribution in [1.82, 2.24) is 0 Å². The Labute approximate surface area is 228 Å². The SMILES string of the molecule is CC(C[c-]1ccc2cc3c(cc21)CCC3)c1ccccc1.Cc1c(C)c(C)[c-](C)c1C.[CH3-].[CH3-].[Hf+4]. The van der Waals surface area contributed by atoms with E-state index in [1.807, 2.05) is 0 Å². The van der Waals surface area contributed by atoms with E-state index in [-0.39, 0.29) is 40.7 Å². The van der Waals surface area contributed by atoms with Crippen molar-refractivity contribution in [2.45, 2.75) is 73.1 Å². The molecule has 34 heavy (non-hydrogen) atoms. The van der Waals surface area contributed by atoms with Crippen molar-refractivity contribution in [3.63, 3.8) is 0 Å². The molecular weight excluding hydrogens is 575 g/mol. The molecule has 0 aromatic heterocycles. The van der Waals surface area contributed by atoms with Crippen LogP contribution in [0.25, 0.3) is 10.8 Å². The van der Waals surface area contributed by atoms with E-state index in [1.54, 1.807) is 11.1 Å². The van der Waals surface area contributed by atoms with Crippen LogP contribution in [0, 0.1) is 49.5 Å². The zero-order valence-corrected chi connectivity index (χ0v) is 26.2. The molecule has 0 aliphatic heterocycles. The summed E-state index contributed by atoms with van der Waals surface area (Å²) in [7, 11) is 0. The van der Waals surface area contributed by atoms with E-state index in [0.717, 1.165) is 6.42 Å². The first-order valence-electron chi connectivity index (χ1n) is 11.8. The van der Waals surface area contributed by atoms with Crippen LogP contribution in [0.2, 0.25) is 0 Å². The van der Waals surface area contributed by atoms with Gasteiger partial charge in [0.25, 0.3) is 0 Å². The molecule has 0 heterocycles. The topological polar surface area (TPSA) is 0 Å². The normalized spacial score (nSPS) is 12.5. The standard InChI is InChI=1S/C21H21.C10H15.2CH3.Hf/c1-15(16-6-3-2-4-7-16)12-19-10-11-20-13-17-8-5-9-18(17)14-21(19)20;1-6-7(2)9(4)10(5)8(6)3;;;/h2-4,6-7,10-11,13-15H,5,8-9,12H2,1H3;1-5H3;2*1H3;/q4*-1;+4. The number of aryl methyl sites for hydroxylation is 2. The summed E-state index contributed by atoms with van der Waals surface area (Å²) in [6, 6.07) is 20.4. The molecule has 178 valence electrons. The van der Waals surface area contributed by atoms with Gasteiger partial charge in [0.1, 0.15) is 0 Å². The van der Waals surface area contributed by atoms with Gasteiger partial charge >= 0.3 is 25.8 Å². The molecule has 0 saturated carbocycles. The largest absolute Gasteiger partial charge is 4.00 e. The van der Waals surface area contributed by atoms with Crippen LogP contribution < -0.4 is 0 Å². The van der Waals surface area contributed by atoms with Gasteiger partial charge in [-0.1, -0.05) is 89.4 Å². The van der Waals surface area contributed by atoms with Gasteiger partial charge in [-0.25, -0.2) is 0 Å². The second-order valence-corrected chi connectivity index (χ2v) is 9.56. The van der Waals surface area contributed by atoms with E-state index in [2.05, 4.69) is 96.1 Å². The van der Waals surface area contributed by atoms with Gasteiger partial charge < -0.3 is 14.9 Å². The Balaban J connectivity index is 0.000000385. The molecule has 0 fully saturated rings. The van der Waals surface area contributed by atoms with E-state index in [0.29, 0.717) is 5.92 Å². The Bertz CT molecular complexity index is 1110. The van der Waals surface area contributed by atoms with Crippen LogP contribution in [0.5, 0.6) is 0 Å². The fourth-order valence-corrected chi connectivity index (χ4v) is 5.15. The second kappa shape index (κ2) is 12.8. The summed E-state index contributed by atoms with van der Waals surface area (Å²) in [5.74, 6) is 0.574. The third-order valence-corrected chi connectivity index (χ3v) is 7.78. The van der Waals surface area contributed by atoms with Crippen LogP contribution in [0.4, 0.5) is 0 Å². The molecule has 1 aliphatic rings. The number of hydrogen-bond donors (Lipinski definition) is 0. The second-order valence-electron chi connectivity index (χ2n) is 9.56. The number of rotatable bonds is 3. The maximum Gasteiger partial charge on any atom is 4.00 e. The third kappa shape index (κ3) is 6.09. The summed E-state index contributed by atoms with van der Waals surface area (Å²) in [5, 5.41) is 2.92. The van der Waals surface area contributed by atoms with Gasteiger partial charge in [-0.05, 0) is 30.7 Å². The van der Waals surface area contributed by atoms with Crippen molar-refractivity contribution < 1.29 is 25.8 Å². The van der Waals surface area contributed by atoms with Crippen LogP contribution >= 0.6 is 0 Å². The van der Waals surface area contributed by atoms with E-state index < -0.39 is 0 Å². The fourth-order valence-electron chi connectivity index (χ4n) is 5.15. The smallest absolute Gasteiger partial charge is 0.358 e. The Morgan fingerprint density at radius 3 is 1.91 bits per heavy atom. The van der Waals surface area contributed by atoms with Gasteiger partial charge in [0.15, 0.2) is 0 Å². The maximum absolute atomic E-state index is 2.46. The maximum atomic E-state index is 2.46. The van der Waals surface area contributed by atoms with Crippen molar-refractivity contribution in [3.05, 3.63) is 120 Å². The van der Waals surface area contributed by atoms with Crippen LogP contribution in [0.15, 0.2) is 54.6 Å². The van der Waals surface area contributed by atoms with E-state index in [4.69, 9.17) is 0 Å². The molecular formula is C33H42Hf. The molecule has 0 N–H and O–H groups in total. The predicted octanol–water partition coefficient (Wildman–Crippen LogP) is 9.24. The number of benzene rings is 2. The number of hydrogen-bond acceptors (Lipinski definition) is 0. The zero-order chi connectivity index (χ0) is 22.1. The molecule has 0 saturated heterocycles. The summed E-state index contributed by atoms with van der Waals surface area (Å²) in [6.45, 7) is 13.3. The zero-order valence-electron chi connectivity index (χ0n) is 22.6. The minimum Gasteiger partial charge on any atom is -0.358 e. The molecule has 4 aromatic rings. The first-order chi connectivity index (χ1) is 14.9. The summed E-state index contributed by atoms with van der Waals surface area (Å²) in [6.07, 6.45) is 5.00. The fraction of sp³-hybridized carbons (Fsp3) is 0.333. The minimum atomic E-state index is 0. The van der Waals surface area contributed by atoms with Crippen LogP contribution in [0.1, 0.15) is 69.3 Å². The first-order valence-corrected chi connectivity index (χ1v) is 11.8. The Hall–Kier alpha value is -1.73. The summed E-state index contributed by atoms with van der Waals surface area (Å²) >= 11 is 0. The molecule has 0 nitrogen and oxygen atoms in total. The molecule has 5 rings (SSSR count). The Morgan fingerprint density at radius 1 is 0.824 bits per heavy atom. The molecule has 1 aliphatic carbocycles. The third-order valence-electron chi connectivity index (χ3n) is 7.78. The molecule has 0 bridgehead atoms. The van der Waals surface area contributed by atoms with E-state index in [1.165, 1.54) is 69.0 Å². The van der Waals surface area contributed by atoms with E-state index in [9.17, 15) is 0 Å². The summed E-state index contributed by atoms with van der Waals surface area (Å²) in [5.41, 5.74) is 13.5. The van der Waals surface area contributed by atoms with Gasteiger partial charge in [-0.15, -0.1) is 34.5 Å². The van der Waals surface area contributed by atoms with Crippen molar-refractivity contribution in [1.29, 1.82) is 0 Å². The molecule has 4 aromatic carbocycles. The van der Waals surface area contributed by atoms with Crippen LogP contribution in [-0.4, -0.2) is 0 Å². The predicted molar refractivity (Wildman–Crippen MR) is 149 cm³/mol. The molecule has 0 radical (unpaired) electrons. The molecule has 0 spiro atoms. The van der Waals surface area contributed by atoms with E-state index >= 15 is 0 Å². The molecule has 1 atom stereocenters. The van der Waals surface area contributed by atoms with Gasteiger partial charge in [-0.2, -0.15) is 33.9 Å². The van der Waals surface area contributed by atoms with Crippen molar-refractivity contribution >= 4 is 10.8 Å². The number of fused-ring (bicyclic) bond motifs is 2. The van der Waals surface area contributed by atoms with Crippen LogP contribution in [0.3, 0.4) is 0 Å². The van der Waals surface area contributed by atoms with Crippen LogP contribution in [-0.2, 0) is 45.1 Å². The average Bonchev–Trinajstić information content (AvgIpc) is 3.45. The Kier molecular flexibility index (Phi) is 11.4. The van der Waals surface area contributed by atoms with Crippen molar-refractivity contribution in [3.8, 4) is 0 Å². The van der Waals surface area contributed by atoms with Gasteiger partial charge in [0.05, 0.1) is 0 Å².